The van der Waals surface area contributed by atoms with E-state index in [1.807, 2.05) is 36.0 Å². The zero-order valence-corrected chi connectivity index (χ0v) is 11.9. The van der Waals surface area contributed by atoms with E-state index in [9.17, 15) is 9.90 Å². The second-order valence-corrected chi connectivity index (χ2v) is 5.12. The van der Waals surface area contributed by atoms with Crippen LogP contribution in [-0.2, 0) is 9.53 Å². The van der Waals surface area contributed by atoms with Gasteiger partial charge >= 0.3 is 0 Å². The minimum Gasteiger partial charge on any atom is -0.390 e. The van der Waals surface area contributed by atoms with Gasteiger partial charge in [0.1, 0.15) is 6.04 Å². The molecule has 1 fully saturated rings. The van der Waals surface area contributed by atoms with Gasteiger partial charge in [0.25, 0.3) is 0 Å². The molecule has 6 nitrogen and oxygen atoms in total. The third-order valence-corrected chi connectivity index (χ3v) is 3.54. The molecule has 6 heteroatoms. The maximum Gasteiger partial charge on any atom is 0.242 e. The van der Waals surface area contributed by atoms with Crippen molar-refractivity contribution < 1.29 is 14.6 Å². The van der Waals surface area contributed by atoms with Gasteiger partial charge in [-0.25, -0.2) is 0 Å². The second kappa shape index (κ2) is 7.42. The molecular formula is C14H23N3O3. The Bertz CT molecular complexity index is 402. The van der Waals surface area contributed by atoms with Crippen LogP contribution in [0.25, 0.3) is 0 Å². The van der Waals surface area contributed by atoms with Crippen molar-refractivity contribution in [2.45, 2.75) is 19.1 Å². The lowest BCUT2D eigenvalue weighted by molar-refractivity contribution is -0.124. The van der Waals surface area contributed by atoms with Crippen molar-refractivity contribution in [3.63, 3.8) is 0 Å². The Balaban J connectivity index is 1.69. The number of aromatic nitrogens is 1. The SMILES string of the molecule is CC(C(=O)NCC(O)CN1CCOCC1)n1cccc1. The number of aliphatic hydroxyl groups excluding tert-OH is 1. The second-order valence-electron chi connectivity index (χ2n) is 5.12. The third-order valence-electron chi connectivity index (χ3n) is 3.54. The number of hydrogen-bond acceptors (Lipinski definition) is 4. The Morgan fingerprint density at radius 3 is 2.65 bits per heavy atom. The van der Waals surface area contributed by atoms with E-state index >= 15 is 0 Å². The van der Waals surface area contributed by atoms with Gasteiger partial charge in [-0.2, -0.15) is 0 Å². The summed E-state index contributed by atoms with van der Waals surface area (Å²) < 4.78 is 7.09. The fourth-order valence-electron chi connectivity index (χ4n) is 2.25. The molecule has 0 spiro atoms. The zero-order valence-electron chi connectivity index (χ0n) is 11.9. The minimum absolute atomic E-state index is 0.0813. The van der Waals surface area contributed by atoms with Crippen molar-refractivity contribution in [2.24, 2.45) is 0 Å². The van der Waals surface area contributed by atoms with E-state index in [2.05, 4.69) is 10.2 Å². The van der Waals surface area contributed by atoms with E-state index in [0.29, 0.717) is 19.8 Å². The van der Waals surface area contributed by atoms with Gasteiger partial charge in [-0.3, -0.25) is 9.69 Å². The van der Waals surface area contributed by atoms with Crippen LogP contribution in [0, 0.1) is 0 Å². The van der Waals surface area contributed by atoms with Gasteiger partial charge in [-0.15, -0.1) is 0 Å². The van der Waals surface area contributed by atoms with Crippen molar-refractivity contribution in [1.82, 2.24) is 14.8 Å². The summed E-state index contributed by atoms with van der Waals surface area (Å²) in [6, 6.07) is 3.51. The van der Waals surface area contributed by atoms with Crippen LogP contribution in [-0.4, -0.2) is 66.0 Å². The van der Waals surface area contributed by atoms with Crippen molar-refractivity contribution in [1.29, 1.82) is 0 Å². The lowest BCUT2D eigenvalue weighted by atomic mass is 10.2. The number of carbonyl (C=O) groups excluding carboxylic acids is 1. The summed E-state index contributed by atoms with van der Waals surface area (Å²) in [5.74, 6) is -0.0813. The van der Waals surface area contributed by atoms with Gasteiger partial charge in [0.2, 0.25) is 5.91 Å². The molecule has 112 valence electrons. The van der Waals surface area contributed by atoms with Crippen molar-refractivity contribution in [2.75, 3.05) is 39.4 Å². The highest BCUT2D eigenvalue weighted by Gasteiger charge is 2.17. The standard InChI is InChI=1S/C14H23N3O3/c1-12(17-4-2-3-5-17)14(19)15-10-13(18)11-16-6-8-20-9-7-16/h2-5,12-13,18H,6-11H2,1H3,(H,15,19). The van der Waals surface area contributed by atoms with Crippen LogP contribution in [0.4, 0.5) is 0 Å². The van der Waals surface area contributed by atoms with Gasteiger partial charge in [0.05, 0.1) is 19.3 Å². The molecule has 0 aliphatic carbocycles. The largest absolute Gasteiger partial charge is 0.390 e. The number of aliphatic hydroxyl groups is 1. The summed E-state index contributed by atoms with van der Waals surface area (Å²) >= 11 is 0. The molecule has 2 atom stereocenters. The molecule has 2 rings (SSSR count). The molecule has 0 saturated carbocycles. The van der Waals surface area contributed by atoms with E-state index < -0.39 is 6.10 Å². The lowest BCUT2D eigenvalue weighted by Crippen LogP contribution is -2.45. The fraction of sp³-hybridized carbons (Fsp3) is 0.643. The van der Waals surface area contributed by atoms with Crippen LogP contribution < -0.4 is 5.32 Å². The monoisotopic (exact) mass is 281 g/mol. The molecule has 1 aliphatic heterocycles. The Labute approximate surface area is 119 Å². The molecular weight excluding hydrogens is 258 g/mol. The van der Waals surface area contributed by atoms with E-state index in [-0.39, 0.29) is 18.5 Å². The molecule has 2 unspecified atom stereocenters. The number of nitrogens with one attached hydrogen (secondary N) is 1. The maximum absolute atomic E-state index is 12.0. The summed E-state index contributed by atoms with van der Waals surface area (Å²) in [6.07, 6.45) is 3.16. The number of hydrogen-bond donors (Lipinski definition) is 2. The molecule has 1 aromatic heterocycles. The highest BCUT2D eigenvalue weighted by atomic mass is 16.5. The quantitative estimate of drug-likeness (QED) is 0.761. The topological polar surface area (TPSA) is 66.7 Å². The lowest BCUT2D eigenvalue weighted by Gasteiger charge is -2.28. The molecule has 1 saturated heterocycles. The van der Waals surface area contributed by atoms with Crippen LogP contribution in [0.1, 0.15) is 13.0 Å². The number of β-amino-alcohol motifs (C(OH)–C–C–N with tert-alkyl or cyclic N) is 1. The van der Waals surface area contributed by atoms with E-state index in [1.54, 1.807) is 0 Å². The number of nitrogens with zero attached hydrogens (tertiary/aromatic N) is 2. The third kappa shape index (κ3) is 4.33. The maximum atomic E-state index is 12.0. The van der Waals surface area contributed by atoms with E-state index in [1.165, 1.54) is 0 Å². The molecule has 0 radical (unpaired) electrons. The Morgan fingerprint density at radius 1 is 1.35 bits per heavy atom. The number of morpholine rings is 1. The van der Waals surface area contributed by atoms with Gasteiger partial charge in [-0.05, 0) is 19.1 Å². The predicted octanol–water partition coefficient (Wildman–Crippen LogP) is -0.142. The Hall–Kier alpha value is -1.37. The predicted molar refractivity (Wildman–Crippen MR) is 75.4 cm³/mol. The molecule has 0 aromatic carbocycles. The molecule has 0 bridgehead atoms. The van der Waals surface area contributed by atoms with Crippen LogP contribution in [0.3, 0.4) is 0 Å². The first-order valence-corrected chi connectivity index (χ1v) is 7.05. The molecule has 2 N–H and O–H groups in total. The van der Waals surface area contributed by atoms with Gasteiger partial charge in [0.15, 0.2) is 0 Å². The average Bonchev–Trinajstić information content (AvgIpc) is 2.99. The number of ether oxygens (including phenoxy) is 1. The number of amides is 1. The normalized spacial score (nSPS) is 19.5. The van der Waals surface area contributed by atoms with Crippen LogP contribution in [0.5, 0.6) is 0 Å². The number of rotatable bonds is 6. The smallest absolute Gasteiger partial charge is 0.242 e. The molecule has 2 heterocycles. The van der Waals surface area contributed by atoms with Crippen molar-refractivity contribution in [3.8, 4) is 0 Å². The molecule has 1 amide bonds. The van der Waals surface area contributed by atoms with E-state index in [4.69, 9.17) is 4.74 Å². The summed E-state index contributed by atoms with van der Waals surface area (Å²) in [4.78, 5) is 14.1. The van der Waals surface area contributed by atoms with Crippen LogP contribution >= 0.6 is 0 Å². The Kier molecular flexibility index (Phi) is 5.58. The first-order valence-electron chi connectivity index (χ1n) is 7.05. The number of carbonyl (C=O) groups is 1. The highest BCUT2D eigenvalue weighted by Crippen LogP contribution is 2.05. The molecule has 20 heavy (non-hydrogen) atoms. The van der Waals surface area contributed by atoms with Crippen molar-refractivity contribution in [3.05, 3.63) is 24.5 Å². The molecule has 1 aromatic rings. The first kappa shape index (κ1) is 15.0. The highest BCUT2D eigenvalue weighted by molar-refractivity contribution is 5.79. The summed E-state index contributed by atoms with van der Waals surface area (Å²) in [5.41, 5.74) is 0. The van der Waals surface area contributed by atoms with Crippen LogP contribution in [0.2, 0.25) is 0 Å². The average molecular weight is 281 g/mol. The molecule has 1 aliphatic rings. The fourth-order valence-corrected chi connectivity index (χ4v) is 2.25. The zero-order chi connectivity index (χ0) is 14.4. The summed E-state index contributed by atoms with van der Waals surface area (Å²) in [7, 11) is 0. The van der Waals surface area contributed by atoms with E-state index in [0.717, 1.165) is 13.1 Å². The van der Waals surface area contributed by atoms with Gasteiger partial charge < -0.3 is 19.7 Å². The van der Waals surface area contributed by atoms with Gasteiger partial charge in [0, 0.05) is 38.6 Å². The first-order chi connectivity index (χ1) is 9.66. The van der Waals surface area contributed by atoms with Crippen molar-refractivity contribution >= 4 is 5.91 Å². The van der Waals surface area contributed by atoms with Crippen LogP contribution in [0.15, 0.2) is 24.5 Å². The summed E-state index contributed by atoms with van der Waals surface area (Å²) in [5, 5.41) is 12.8. The Morgan fingerprint density at radius 2 is 2.00 bits per heavy atom. The summed E-state index contributed by atoms with van der Waals surface area (Å²) in [6.45, 7) is 5.79. The van der Waals surface area contributed by atoms with Gasteiger partial charge in [-0.1, -0.05) is 0 Å². The minimum atomic E-state index is -0.547.